The summed E-state index contributed by atoms with van der Waals surface area (Å²) in [6, 6.07) is 8.00. The van der Waals surface area contributed by atoms with Gasteiger partial charge in [0.1, 0.15) is 5.75 Å². The molecule has 1 heterocycles. The van der Waals surface area contributed by atoms with Crippen molar-refractivity contribution in [1.82, 2.24) is 4.98 Å². The quantitative estimate of drug-likeness (QED) is 0.723. The molecule has 0 saturated carbocycles. The van der Waals surface area contributed by atoms with Gasteiger partial charge in [0.15, 0.2) is 0 Å². The molecule has 64 valence electrons. The van der Waals surface area contributed by atoms with Crippen molar-refractivity contribution in [3.8, 4) is 5.75 Å². The molecule has 0 aliphatic carbocycles. The molecule has 0 unspecified atom stereocenters. The Bertz CT molecular complexity index is 369. The van der Waals surface area contributed by atoms with E-state index in [1.165, 1.54) is 5.39 Å². The fourth-order valence-corrected chi connectivity index (χ4v) is 1.23. The highest BCUT2D eigenvalue weighted by Crippen LogP contribution is 2.22. The van der Waals surface area contributed by atoms with Crippen molar-refractivity contribution in [2.45, 2.75) is 0 Å². The molecule has 0 saturated heterocycles. The summed E-state index contributed by atoms with van der Waals surface area (Å²) in [5.74, 6) is 0.896. The van der Waals surface area contributed by atoms with Crippen LogP contribution in [0.25, 0.3) is 10.9 Å². The fourth-order valence-electron chi connectivity index (χ4n) is 1.23. The van der Waals surface area contributed by atoms with E-state index in [2.05, 4.69) is 4.98 Å². The number of hydrogen-bond donors (Lipinski definition) is 1. The van der Waals surface area contributed by atoms with Gasteiger partial charge in [-0.15, -0.1) is 12.4 Å². The van der Waals surface area contributed by atoms with Crippen molar-refractivity contribution in [3.05, 3.63) is 30.5 Å². The van der Waals surface area contributed by atoms with Crippen LogP contribution in [0.5, 0.6) is 5.75 Å². The highest BCUT2D eigenvalue weighted by Gasteiger charge is 1.98. The molecule has 0 aliphatic heterocycles. The average molecular weight is 184 g/mol. The number of H-pyrrole nitrogens is 1. The number of ether oxygens (including phenoxy) is 1. The number of benzene rings is 1. The van der Waals surface area contributed by atoms with E-state index < -0.39 is 0 Å². The van der Waals surface area contributed by atoms with Crippen LogP contribution in [0.3, 0.4) is 0 Å². The van der Waals surface area contributed by atoms with Crippen LogP contribution < -0.4 is 4.74 Å². The molecule has 0 atom stereocenters. The topological polar surface area (TPSA) is 25.0 Å². The average Bonchev–Trinajstić information content (AvgIpc) is 2.50. The molecule has 0 amide bonds. The van der Waals surface area contributed by atoms with E-state index in [4.69, 9.17) is 4.74 Å². The molecule has 3 heteroatoms. The molecule has 0 fully saturated rings. The van der Waals surface area contributed by atoms with Crippen LogP contribution in [-0.2, 0) is 0 Å². The first kappa shape index (κ1) is 8.94. The van der Waals surface area contributed by atoms with Gasteiger partial charge in [-0.25, -0.2) is 0 Å². The van der Waals surface area contributed by atoms with Crippen LogP contribution in [0.4, 0.5) is 0 Å². The minimum atomic E-state index is 0. The predicted octanol–water partition coefficient (Wildman–Crippen LogP) is 2.60. The molecule has 0 bridgehead atoms. The Morgan fingerprint density at radius 1 is 1.25 bits per heavy atom. The molecular weight excluding hydrogens is 174 g/mol. The molecule has 2 nitrogen and oxygen atoms in total. The van der Waals surface area contributed by atoms with Crippen molar-refractivity contribution in [3.63, 3.8) is 0 Å². The standard InChI is InChI=1S/C9H9NO.ClH/c1-11-8-4-2-3-7-5-6-10-9(7)8;/h2-6,10H,1H3;1H. The van der Waals surface area contributed by atoms with Crippen molar-refractivity contribution >= 4 is 23.3 Å². The van der Waals surface area contributed by atoms with Gasteiger partial charge in [-0.2, -0.15) is 0 Å². The Morgan fingerprint density at radius 3 is 2.83 bits per heavy atom. The van der Waals surface area contributed by atoms with Crippen molar-refractivity contribution < 1.29 is 4.74 Å². The van der Waals surface area contributed by atoms with Crippen LogP contribution in [0, 0.1) is 0 Å². The lowest BCUT2D eigenvalue weighted by molar-refractivity contribution is 0.419. The van der Waals surface area contributed by atoms with Gasteiger partial charge in [-0.05, 0) is 12.1 Å². The number of para-hydroxylation sites is 1. The summed E-state index contributed by atoms with van der Waals surface area (Å²) in [6.45, 7) is 0. The molecule has 0 spiro atoms. The van der Waals surface area contributed by atoms with E-state index >= 15 is 0 Å². The third kappa shape index (κ3) is 1.25. The smallest absolute Gasteiger partial charge is 0.142 e. The largest absolute Gasteiger partial charge is 0.495 e. The summed E-state index contributed by atoms with van der Waals surface area (Å²) >= 11 is 0. The van der Waals surface area contributed by atoms with Crippen LogP contribution in [0.2, 0.25) is 0 Å². The fraction of sp³-hybridized carbons (Fsp3) is 0.111. The molecule has 0 radical (unpaired) electrons. The molecule has 2 aromatic rings. The molecule has 1 aromatic heterocycles. The summed E-state index contributed by atoms with van der Waals surface area (Å²) in [6.07, 6.45) is 1.91. The predicted molar refractivity (Wildman–Crippen MR) is 52.1 cm³/mol. The Hall–Kier alpha value is -1.15. The first-order valence-corrected chi connectivity index (χ1v) is 3.52. The highest BCUT2D eigenvalue weighted by atomic mass is 35.5. The summed E-state index contributed by atoms with van der Waals surface area (Å²) < 4.78 is 5.15. The van der Waals surface area contributed by atoms with E-state index in [1.807, 2.05) is 30.5 Å². The third-order valence-electron chi connectivity index (χ3n) is 1.77. The molecule has 1 aromatic carbocycles. The number of nitrogens with one attached hydrogen (secondary N) is 1. The summed E-state index contributed by atoms with van der Waals surface area (Å²) in [7, 11) is 1.68. The van der Waals surface area contributed by atoms with Crippen LogP contribution >= 0.6 is 12.4 Å². The Kier molecular flexibility index (Phi) is 2.61. The maximum absolute atomic E-state index is 5.15. The number of methoxy groups -OCH3 is 1. The van der Waals surface area contributed by atoms with Gasteiger partial charge in [0.05, 0.1) is 12.6 Å². The zero-order chi connectivity index (χ0) is 7.68. The summed E-state index contributed by atoms with van der Waals surface area (Å²) in [4.78, 5) is 3.11. The second-order valence-electron chi connectivity index (χ2n) is 2.40. The number of aromatic amines is 1. The van der Waals surface area contributed by atoms with Crippen molar-refractivity contribution in [2.24, 2.45) is 0 Å². The van der Waals surface area contributed by atoms with Crippen LogP contribution in [-0.4, -0.2) is 12.1 Å². The minimum Gasteiger partial charge on any atom is -0.495 e. The number of fused-ring (bicyclic) bond motifs is 1. The van der Waals surface area contributed by atoms with E-state index in [0.29, 0.717) is 0 Å². The van der Waals surface area contributed by atoms with Crippen molar-refractivity contribution in [1.29, 1.82) is 0 Å². The van der Waals surface area contributed by atoms with Crippen LogP contribution in [0.1, 0.15) is 0 Å². The first-order valence-electron chi connectivity index (χ1n) is 3.52. The molecule has 2 rings (SSSR count). The number of hydrogen-bond acceptors (Lipinski definition) is 1. The van der Waals surface area contributed by atoms with Gasteiger partial charge >= 0.3 is 0 Å². The lowest BCUT2D eigenvalue weighted by Gasteiger charge is -1.99. The zero-order valence-electron chi connectivity index (χ0n) is 6.70. The Balaban J connectivity index is 0.000000720. The minimum absolute atomic E-state index is 0. The monoisotopic (exact) mass is 183 g/mol. The van der Waals surface area contributed by atoms with E-state index in [0.717, 1.165) is 11.3 Å². The molecule has 12 heavy (non-hydrogen) atoms. The highest BCUT2D eigenvalue weighted by molar-refractivity contribution is 5.85. The number of rotatable bonds is 1. The lowest BCUT2D eigenvalue weighted by atomic mass is 10.2. The molecular formula is C9H10ClNO. The molecule has 0 aliphatic rings. The lowest BCUT2D eigenvalue weighted by Crippen LogP contribution is -1.82. The van der Waals surface area contributed by atoms with Crippen LogP contribution in [0.15, 0.2) is 30.5 Å². The Morgan fingerprint density at radius 2 is 2.08 bits per heavy atom. The SMILES string of the molecule is COc1cccc2cc[nH]c12.Cl. The summed E-state index contributed by atoms with van der Waals surface area (Å²) in [5, 5.41) is 1.18. The third-order valence-corrected chi connectivity index (χ3v) is 1.77. The first-order chi connectivity index (χ1) is 5.42. The van der Waals surface area contributed by atoms with Gasteiger partial charge in [-0.1, -0.05) is 12.1 Å². The van der Waals surface area contributed by atoms with Gasteiger partial charge in [0, 0.05) is 11.6 Å². The van der Waals surface area contributed by atoms with Crippen molar-refractivity contribution in [2.75, 3.05) is 7.11 Å². The van der Waals surface area contributed by atoms with Gasteiger partial charge in [0.2, 0.25) is 0 Å². The van der Waals surface area contributed by atoms with Gasteiger partial charge in [0.25, 0.3) is 0 Å². The maximum atomic E-state index is 5.15. The number of aromatic nitrogens is 1. The Labute approximate surface area is 77.0 Å². The van der Waals surface area contributed by atoms with Gasteiger partial charge < -0.3 is 9.72 Å². The number of halogens is 1. The second-order valence-corrected chi connectivity index (χ2v) is 2.40. The normalized spacial score (nSPS) is 9.42. The van der Waals surface area contributed by atoms with Gasteiger partial charge in [-0.3, -0.25) is 0 Å². The van der Waals surface area contributed by atoms with E-state index in [9.17, 15) is 0 Å². The van der Waals surface area contributed by atoms with E-state index in [-0.39, 0.29) is 12.4 Å². The molecule has 1 N–H and O–H groups in total. The zero-order valence-corrected chi connectivity index (χ0v) is 7.52. The maximum Gasteiger partial charge on any atom is 0.142 e. The second kappa shape index (κ2) is 3.50. The van der Waals surface area contributed by atoms with E-state index in [1.54, 1.807) is 7.11 Å². The summed E-state index contributed by atoms with van der Waals surface area (Å²) in [5.41, 5.74) is 1.06.